The zero-order chi connectivity index (χ0) is 20.1. The quantitative estimate of drug-likeness (QED) is 0.414. The molecule has 0 saturated heterocycles. The molecule has 0 aliphatic carbocycles. The average Bonchev–Trinajstić information content (AvgIpc) is 3.30. The molecule has 0 amide bonds. The number of hydrogen-bond donors (Lipinski definition) is 1. The van der Waals surface area contributed by atoms with Crippen LogP contribution in [0.5, 0.6) is 11.5 Å². The molecule has 8 nitrogen and oxygen atoms in total. The number of H-pyrrole nitrogens is 1. The van der Waals surface area contributed by atoms with Crippen molar-refractivity contribution >= 4 is 11.9 Å². The van der Waals surface area contributed by atoms with Crippen LogP contribution in [0.3, 0.4) is 0 Å². The third kappa shape index (κ3) is 4.33. The van der Waals surface area contributed by atoms with Crippen LogP contribution in [-0.4, -0.2) is 32.6 Å². The van der Waals surface area contributed by atoms with E-state index in [1.807, 2.05) is 12.1 Å². The molecule has 0 aliphatic rings. The summed E-state index contributed by atoms with van der Waals surface area (Å²) in [6.07, 6.45) is 0. The Balaban J connectivity index is 1.67. The Bertz CT molecular complexity index is 1060. The molecule has 1 aromatic heterocycles. The Hall–Kier alpha value is -4.33. The minimum atomic E-state index is -0.626. The van der Waals surface area contributed by atoms with E-state index < -0.39 is 11.9 Å². The van der Waals surface area contributed by atoms with E-state index in [0.29, 0.717) is 22.9 Å². The van der Waals surface area contributed by atoms with Gasteiger partial charge in [-0.2, -0.15) is 0 Å². The van der Waals surface area contributed by atoms with Crippen molar-refractivity contribution in [3.05, 3.63) is 90.0 Å². The molecule has 0 aliphatic heterocycles. The average molecular weight is 386 g/mol. The van der Waals surface area contributed by atoms with Crippen LogP contribution in [0.15, 0.2) is 78.9 Å². The van der Waals surface area contributed by atoms with Crippen LogP contribution < -0.4 is 9.47 Å². The molecule has 29 heavy (non-hydrogen) atoms. The van der Waals surface area contributed by atoms with E-state index in [1.165, 1.54) is 18.2 Å². The third-order valence-electron chi connectivity index (χ3n) is 3.93. The van der Waals surface area contributed by atoms with Crippen molar-refractivity contribution in [3.8, 4) is 22.9 Å². The van der Waals surface area contributed by atoms with E-state index in [4.69, 9.17) is 9.47 Å². The highest BCUT2D eigenvalue weighted by Crippen LogP contribution is 2.22. The standard InChI is InChI=1S/C21H14N4O4/c26-20(28-17-7-3-1-4-8-17)15-11-14(19-22-24-25-23-19)12-16(13-15)21(27)29-18-9-5-2-6-10-18/h1-13H,(H,22,23,24,25). The van der Waals surface area contributed by atoms with Crippen molar-refractivity contribution in [2.75, 3.05) is 0 Å². The summed E-state index contributed by atoms with van der Waals surface area (Å²) >= 11 is 0. The number of rotatable bonds is 5. The fraction of sp³-hybridized carbons (Fsp3) is 0. The first-order chi connectivity index (χ1) is 14.2. The Morgan fingerprint density at radius 3 is 1.69 bits per heavy atom. The number of carbonyl (C=O) groups excluding carboxylic acids is 2. The van der Waals surface area contributed by atoms with Gasteiger partial charge in [0.2, 0.25) is 0 Å². The molecule has 4 aromatic rings. The Morgan fingerprint density at radius 2 is 1.24 bits per heavy atom. The van der Waals surface area contributed by atoms with Crippen LogP contribution >= 0.6 is 0 Å². The monoisotopic (exact) mass is 386 g/mol. The number of hydrogen-bond acceptors (Lipinski definition) is 7. The summed E-state index contributed by atoms with van der Waals surface area (Å²) in [7, 11) is 0. The number of aromatic amines is 1. The van der Waals surface area contributed by atoms with Gasteiger partial charge < -0.3 is 9.47 Å². The van der Waals surface area contributed by atoms with E-state index in [9.17, 15) is 9.59 Å². The minimum absolute atomic E-state index is 0.155. The van der Waals surface area contributed by atoms with Crippen LogP contribution in [0.25, 0.3) is 11.4 Å². The van der Waals surface area contributed by atoms with Crippen LogP contribution in [0, 0.1) is 0 Å². The fourth-order valence-electron chi connectivity index (χ4n) is 2.59. The summed E-state index contributed by atoms with van der Waals surface area (Å²) in [5.41, 5.74) is 0.753. The molecular weight excluding hydrogens is 372 g/mol. The van der Waals surface area contributed by atoms with Crippen LogP contribution in [0.1, 0.15) is 20.7 Å². The summed E-state index contributed by atoms with van der Waals surface area (Å²) in [4.78, 5) is 25.3. The second kappa shape index (κ2) is 8.13. The topological polar surface area (TPSA) is 107 Å². The van der Waals surface area contributed by atoms with Gasteiger partial charge in [0.1, 0.15) is 11.5 Å². The zero-order valence-electron chi connectivity index (χ0n) is 15.0. The second-order valence-electron chi connectivity index (χ2n) is 5.95. The third-order valence-corrected chi connectivity index (χ3v) is 3.93. The molecular formula is C21H14N4O4. The van der Waals surface area contributed by atoms with Gasteiger partial charge in [0.25, 0.3) is 0 Å². The van der Waals surface area contributed by atoms with Crippen molar-refractivity contribution in [2.24, 2.45) is 0 Å². The van der Waals surface area contributed by atoms with Crippen molar-refractivity contribution in [1.29, 1.82) is 0 Å². The van der Waals surface area contributed by atoms with Crippen LogP contribution in [0.2, 0.25) is 0 Å². The van der Waals surface area contributed by atoms with E-state index >= 15 is 0 Å². The lowest BCUT2D eigenvalue weighted by Gasteiger charge is -2.09. The number of benzene rings is 3. The van der Waals surface area contributed by atoms with Gasteiger partial charge in [-0.25, -0.2) is 14.7 Å². The van der Waals surface area contributed by atoms with E-state index in [0.717, 1.165) is 0 Å². The first kappa shape index (κ1) is 18.1. The van der Waals surface area contributed by atoms with Crippen LogP contribution in [-0.2, 0) is 0 Å². The molecule has 0 atom stereocenters. The zero-order valence-corrected chi connectivity index (χ0v) is 15.0. The number of carbonyl (C=O) groups is 2. The molecule has 1 N–H and O–H groups in total. The van der Waals surface area contributed by atoms with Crippen molar-refractivity contribution in [2.45, 2.75) is 0 Å². The largest absolute Gasteiger partial charge is 0.423 e. The molecule has 1 heterocycles. The predicted octanol–water partition coefficient (Wildman–Crippen LogP) is 3.31. The molecule has 0 bridgehead atoms. The highest BCUT2D eigenvalue weighted by Gasteiger charge is 2.18. The number of nitrogens with one attached hydrogen (secondary N) is 1. The number of esters is 2. The smallest absolute Gasteiger partial charge is 0.343 e. The van der Waals surface area contributed by atoms with Gasteiger partial charge in [-0.1, -0.05) is 36.4 Å². The van der Waals surface area contributed by atoms with Gasteiger partial charge in [-0.3, -0.25) is 0 Å². The molecule has 4 rings (SSSR count). The van der Waals surface area contributed by atoms with E-state index in [-0.39, 0.29) is 11.1 Å². The van der Waals surface area contributed by atoms with Gasteiger partial charge in [-0.05, 0) is 52.9 Å². The lowest BCUT2D eigenvalue weighted by molar-refractivity contribution is 0.0734. The number of aromatic nitrogens is 4. The Morgan fingerprint density at radius 1 is 0.724 bits per heavy atom. The lowest BCUT2D eigenvalue weighted by atomic mass is 10.0. The van der Waals surface area contributed by atoms with Crippen molar-refractivity contribution in [1.82, 2.24) is 20.6 Å². The maximum absolute atomic E-state index is 12.6. The predicted molar refractivity (Wildman–Crippen MR) is 102 cm³/mol. The van der Waals surface area contributed by atoms with Gasteiger partial charge in [-0.15, -0.1) is 5.10 Å². The lowest BCUT2D eigenvalue weighted by Crippen LogP contribution is -2.13. The highest BCUT2D eigenvalue weighted by atomic mass is 16.5. The summed E-state index contributed by atoms with van der Waals surface area (Å²) in [6, 6.07) is 21.7. The molecule has 8 heteroatoms. The maximum Gasteiger partial charge on any atom is 0.343 e. The molecule has 0 unspecified atom stereocenters. The van der Waals surface area contributed by atoms with E-state index in [1.54, 1.807) is 48.5 Å². The highest BCUT2D eigenvalue weighted by molar-refractivity contribution is 5.98. The number of ether oxygens (including phenoxy) is 2. The van der Waals surface area contributed by atoms with Crippen molar-refractivity contribution < 1.29 is 19.1 Å². The first-order valence-corrected chi connectivity index (χ1v) is 8.63. The summed E-state index contributed by atoms with van der Waals surface area (Å²) in [6.45, 7) is 0. The first-order valence-electron chi connectivity index (χ1n) is 8.63. The number of para-hydroxylation sites is 2. The number of nitrogens with zero attached hydrogens (tertiary/aromatic N) is 3. The summed E-state index contributed by atoms with van der Waals surface area (Å²) in [5.74, 6) is -0.179. The summed E-state index contributed by atoms with van der Waals surface area (Å²) in [5, 5.41) is 13.5. The van der Waals surface area contributed by atoms with Gasteiger partial charge in [0, 0.05) is 5.56 Å². The summed E-state index contributed by atoms with van der Waals surface area (Å²) < 4.78 is 10.7. The van der Waals surface area contributed by atoms with Gasteiger partial charge >= 0.3 is 11.9 Å². The van der Waals surface area contributed by atoms with Gasteiger partial charge in [0.05, 0.1) is 11.1 Å². The normalized spacial score (nSPS) is 10.3. The molecule has 0 fully saturated rings. The minimum Gasteiger partial charge on any atom is -0.423 e. The SMILES string of the molecule is O=C(Oc1ccccc1)c1cc(C(=O)Oc2ccccc2)cc(-c2nnn[nH]2)c1. The molecule has 0 saturated carbocycles. The van der Waals surface area contributed by atoms with Crippen molar-refractivity contribution in [3.63, 3.8) is 0 Å². The molecule has 0 radical (unpaired) electrons. The maximum atomic E-state index is 12.6. The molecule has 0 spiro atoms. The van der Waals surface area contributed by atoms with Crippen LogP contribution in [0.4, 0.5) is 0 Å². The second-order valence-corrected chi connectivity index (χ2v) is 5.95. The molecule has 3 aromatic carbocycles. The van der Waals surface area contributed by atoms with Gasteiger partial charge in [0.15, 0.2) is 5.82 Å². The van der Waals surface area contributed by atoms with E-state index in [2.05, 4.69) is 20.6 Å². The number of tetrazole rings is 1. The Labute approximate surface area is 165 Å². The fourth-order valence-corrected chi connectivity index (χ4v) is 2.59. The Kier molecular flexibility index (Phi) is 5.06. The molecule has 142 valence electrons.